The molecule has 0 radical (unpaired) electrons. The molecular formula is C12H19NO3. The molecule has 0 spiro atoms. The van der Waals surface area contributed by atoms with Crippen LogP contribution < -0.4 is 0 Å². The van der Waals surface area contributed by atoms with E-state index in [4.69, 9.17) is 0 Å². The van der Waals surface area contributed by atoms with Crippen molar-refractivity contribution >= 4 is 0 Å². The molecular weight excluding hydrogens is 206 g/mol. The molecule has 4 aliphatic rings. The smallest absolute Gasteiger partial charge is 0.215 e. The van der Waals surface area contributed by atoms with Crippen molar-refractivity contribution in [3.8, 4) is 0 Å². The van der Waals surface area contributed by atoms with Gasteiger partial charge in [-0.2, -0.15) is 0 Å². The highest BCUT2D eigenvalue weighted by molar-refractivity contribution is 5.06. The number of rotatable bonds is 2. The van der Waals surface area contributed by atoms with Crippen molar-refractivity contribution < 1.29 is 10.0 Å². The zero-order valence-electron chi connectivity index (χ0n) is 9.63. The SMILES string of the molecule is CC([N+](=O)[O-])C12CC3C[C@H](C1)C(O)[C@@H](C3)C2. The van der Waals surface area contributed by atoms with Gasteiger partial charge >= 0.3 is 0 Å². The molecule has 4 fully saturated rings. The Morgan fingerprint density at radius 1 is 1.31 bits per heavy atom. The standard InChI is InChI=1S/C12H19NO3/c1-7(13(15)16)12-4-8-2-9(5-12)11(14)10(3-8)6-12/h7-11,14H,2-6H2,1H3/t7?,8?,9-,10+,11?,12?. The van der Waals surface area contributed by atoms with Crippen LogP contribution in [0.25, 0.3) is 0 Å². The van der Waals surface area contributed by atoms with Crippen LogP contribution >= 0.6 is 0 Å². The van der Waals surface area contributed by atoms with Crippen LogP contribution in [-0.2, 0) is 0 Å². The third-order valence-corrected chi connectivity index (χ3v) is 5.47. The Balaban J connectivity index is 1.91. The minimum Gasteiger partial charge on any atom is -0.393 e. The number of hydrogen-bond acceptors (Lipinski definition) is 3. The fourth-order valence-corrected chi connectivity index (χ4v) is 4.80. The van der Waals surface area contributed by atoms with E-state index in [1.165, 1.54) is 0 Å². The molecule has 0 aliphatic heterocycles. The molecule has 4 rings (SSSR count). The highest BCUT2D eigenvalue weighted by Crippen LogP contribution is 2.61. The van der Waals surface area contributed by atoms with Gasteiger partial charge in [0.2, 0.25) is 6.04 Å². The largest absolute Gasteiger partial charge is 0.393 e. The van der Waals surface area contributed by atoms with E-state index in [1.807, 2.05) is 0 Å². The van der Waals surface area contributed by atoms with Crippen LogP contribution in [-0.4, -0.2) is 22.2 Å². The van der Waals surface area contributed by atoms with Crippen molar-refractivity contribution in [1.29, 1.82) is 0 Å². The zero-order valence-corrected chi connectivity index (χ0v) is 9.63. The van der Waals surface area contributed by atoms with Crippen LogP contribution in [0.15, 0.2) is 0 Å². The molecule has 0 aromatic rings. The van der Waals surface area contributed by atoms with Crippen LogP contribution in [0.4, 0.5) is 0 Å². The lowest BCUT2D eigenvalue weighted by molar-refractivity contribution is -0.544. The second kappa shape index (κ2) is 3.19. The highest BCUT2D eigenvalue weighted by atomic mass is 16.6. The van der Waals surface area contributed by atoms with E-state index in [2.05, 4.69) is 0 Å². The molecule has 6 atom stereocenters. The van der Waals surface area contributed by atoms with E-state index in [-0.39, 0.29) is 16.4 Å². The van der Waals surface area contributed by atoms with Crippen LogP contribution in [0.2, 0.25) is 0 Å². The van der Waals surface area contributed by atoms with Gasteiger partial charge in [-0.15, -0.1) is 0 Å². The van der Waals surface area contributed by atoms with Gasteiger partial charge in [-0.3, -0.25) is 10.1 Å². The molecule has 16 heavy (non-hydrogen) atoms. The van der Waals surface area contributed by atoms with Crippen molar-refractivity contribution in [3.05, 3.63) is 10.1 Å². The average molecular weight is 225 g/mol. The monoisotopic (exact) mass is 225 g/mol. The Morgan fingerprint density at radius 3 is 2.38 bits per heavy atom. The van der Waals surface area contributed by atoms with E-state index in [1.54, 1.807) is 6.92 Å². The molecule has 0 amide bonds. The molecule has 0 aromatic heterocycles. The number of aliphatic hydroxyl groups is 1. The fraction of sp³-hybridized carbons (Fsp3) is 1.00. The predicted molar refractivity (Wildman–Crippen MR) is 58.5 cm³/mol. The maximum absolute atomic E-state index is 11.0. The minimum absolute atomic E-state index is 0.0980. The fourth-order valence-electron chi connectivity index (χ4n) is 4.80. The summed E-state index contributed by atoms with van der Waals surface area (Å²) in [4.78, 5) is 10.9. The summed E-state index contributed by atoms with van der Waals surface area (Å²) < 4.78 is 0. The first-order chi connectivity index (χ1) is 7.52. The first kappa shape index (κ1) is 10.5. The van der Waals surface area contributed by atoms with Gasteiger partial charge in [0.1, 0.15) is 0 Å². The first-order valence-electron chi connectivity index (χ1n) is 6.33. The average Bonchev–Trinajstić information content (AvgIpc) is 2.23. The Bertz CT molecular complexity index is 314. The number of nitrogens with zero attached hydrogens (tertiary/aromatic N) is 1. The summed E-state index contributed by atoms with van der Waals surface area (Å²) in [7, 11) is 0. The lowest BCUT2D eigenvalue weighted by Gasteiger charge is -2.58. The van der Waals surface area contributed by atoms with Crippen molar-refractivity contribution in [3.63, 3.8) is 0 Å². The molecule has 4 aliphatic carbocycles. The van der Waals surface area contributed by atoms with Crippen LogP contribution in [0.3, 0.4) is 0 Å². The molecule has 1 N–H and O–H groups in total. The Hall–Kier alpha value is -0.640. The normalized spacial score (nSPS) is 51.6. The lowest BCUT2D eigenvalue weighted by Crippen LogP contribution is -2.58. The van der Waals surface area contributed by atoms with Gasteiger partial charge in [0.25, 0.3) is 0 Å². The summed E-state index contributed by atoms with van der Waals surface area (Å²) >= 11 is 0. The molecule has 4 unspecified atom stereocenters. The van der Waals surface area contributed by atoms with Crippen molar-refractivity contribution in [2.75, 3.05) is 0 Å². The second-order valence-electron chi connectivity index (χ2n) is 6.28. The highest BCUT2D eigenvalue weighted by Gasteiger charge is 2.59. The Labute approximate surface area is 95.2 Å². The first-order valence-corrected chi connectivity index (χ1v) is 6.33. The third-order valence-electron chi connectivity index (χ3n) is 5.47. The van der Waals surface area contributed by atoms with E-state index < -0.39 is 6.04 Å². The molecule has 4 heteroatoms. The van der Waals surface area contributed by atoms with Crippen molar-refractivity contribution in [2.24, 2.45) is 23.2 Å². The summed E-state index contributed by atoms with van der Waals surface area (Å²) in [5.74, 6) is 1.32. The molecule has 4 bridgehead atoms. The van der Waals surface area contributed by atoms with Gasteiger partial charge < -0.3 is 5.11 Å². The number of aliphatic hydroxyl groups excluding tert-OH is 1. The second-order valence-corrected chi connectivity index (χ2v) is 6.28. The van der Waals surface area contributed by atoms with Gasteiger partial charge in [-0.1, -0.05) is 0 Å². The number of hydrogen-bond donors (Lipinski definition) is 1. The quantitative estimate of drug-likeness (QED) is 0.576. The van der Waals surface area contributed by atoms with Crippen LogP contribution in [0.5, 0.6) is 0 Å². The van der Waals surface area contributed by atoms with Crippen molar-refractivity contribution in [2.45, 2.75) is 51.2 Å². The van der Waals surface area contributed by atoms with Gasteiger partial charge in [-0.25, -0.2) is 0 Å². The summed E-state index contributed by atoms with van der Waals surface area (Å²) in [6.07, 6.45) is 4.80. The molecule has 4 nitrogen and oxygen atoms in total. The van der Waals surface area contributed by atoms with E-state index in [0.717, 1.165) is 32.1 Å². The van der Waals surface area contributed by atoms with Crippen LogP contribution in [0, 0.1) is 33.3 Å². The molecule has 0 aromatic carbocycles. The van der Waals surface area contributed by atoms with Crippen molar-refractivity contribution in [1.82, 2.24) is 0 Å². The number of nitro groups is 1. The summed E-state index contributed by atoms with van der Waals surface area (Å²) in [6.45, 7) is 1.76. The van der Waals surface area contributed by atoms with E-state index in [0.29, 0.717) is 17.8 Å². The van der Waals surface area contributed by atoms with E-state index >= 15 is 0 Å². The summed E-state index contributed by atoms with van der Waals surface area (Å²) in [5.41, 5.74) is -0.0980. The van der Waals surface area contributed by atoms with Gasteiger partial charge in [0.15, 0.2) is 0 Å². The minimum atomic E-state index is -0.437. The molecule has 4 saturated carbocycles. The summed E-state index contributed by atoms with van der Waals surface area (Å²) in [6, 6.07) is -0.437. The van der Waals surface area contributed by atoms with Gasteiger partial charge in [-0.05, 0) is 49.9 Å². The third kappa shape index (κ3) is 1.25. The molecule has 0 saturated heterocycles. The predicted octanol–water partition coefficient (Wildman–Crippen LogP) is 1.84. The summed E-state index contributed by atoms with van der Waals surface area (Å²) in [5, 5.41) is 21.1. The zero-order chi connectivity index (χ0) is 11.5. The maximum Gasteiger partial charge on any atom is 0.215 e. The van der Waals surface area contributed by atoms with Gasteiger partial charge in [0, 0.05) is 17.3 Å². The van der Waals surface area contributed by atoms with E-state index in [9.17, 15) is 15.2 Å². The Kier molecular flexibility index (Phi) is 2.09. The lowest BCUT2D eigenvalue weighted by atomic mass is 9.47. The topological polar surface area (TPSA) is 63.4 Å². The van der Waals surface area contributed by atoms with Crippen LogP contribution in [0.1, 0.15) is 39.0 Å². The maximum atomic E-state index is 11.0. The molecule has 90 valence electrons. The van der Waals surface area contributed by atoms with Gasteiger partial charge in [0.05, 0.1) is 6.10 Å². The Morgan fingerprint density at radius 2 is 1.88 bits per heavy atom. The molecule has 0 heterocycles.